The molecule has 0 bridgehead atoms. The van der Waals surface area contributed by atoms with E-state index in [0.29, 0.717) is 16.6 Å². The van der Waals surface area contributed by atoms with Gasteiger partial charge in [-0.3, -0.25) is 4.40 Å². The average Bonchev–Trinajstić information content (AvgIpc) is 2.65. The van der Waals surface area contributed by atoms with Gasteiger partial charge in [0, 0.05) is 21.8 Å². The van der Waals surface area contributed by atoms with Crippen LogP contribution >= 0.6 is 22.0 Å². The van der Waals surface area contributed by atoms with E-state index in [9.17, 15) is 8.42 Å². The van der Waals surface area contributed by atoms with Gasteiger partial charge in [-0.15, -0.1) is 11.3 Å². The zero-order chi connectivity index (χ0) is 12.1. The lowest BCUT2D eigenvalue weighted by Crippen LogP contribution is -1.95. The Hall–Kier alpha value is -0.590. The molecular formula is C9H11ClN2O2S2. The molecule has 0 aliphatic carbocycles. The summed E-state index contributed by atoms with van der Waals surface area (Å²) in [5.74, 6) is 0.965. The number of thiazole rings is 1. The van der Waals surface area contributed by atoms with Crippen LogP contribution in [0.25, 0.3) is 4.83 Å². The second kappa shape index (κ2) is 3.72. The lowest BCUT2D eigenvalue weighted by atomic mass is 10.2. The first kappa shape index (κ1) is 11.9. The lowest BCUT2D eigenvalue weighted by Gasteiger charge is -2.03. The van der Waals surface area contributed by atoms with Crippen molar-refractivity contribution in [1.29, 1.82) is 0 Å². The molecule has 2 heterocycles. The summed E-state index contributed by atoms with van der Waals surface area (Å²) in [4.78, 5) is 4.61. The fraction of sp³-hybridized carbons (Fsp3) is 0.444. The maximum absolute atomic E-state index is 11.3. The lowest BCUT2D eigenvalue weighted by molar-refractivity contribution is 0.607. The van der Waals surface area contributed by atoms with Gasteiger partial charge in [0.05, 0.1) is 0 Å². The molecule has 2 rings (SSSR count). The van der Waals surface area contributed by atoms with Gasteiger partial charge in [-0.05, 0) is 12.8 Å². The second-order valence-electron chi connectivity index (χ2n) is 3.86. The Bertz CT molecular complexity index is 640. The maximum Gasteiger partial charge on any atom is 0.281 e. The van der Waals surface area contributed by atoms with Gasteiger partial charge in [0.15, 0.2) is 0 Å². The van der Waals surface area contributed by atoms with Gasteiger partial charge in [0.25, 0.3) is 9.05 Å². The summed E-state index contributed by atoms with van der Waals surface area (Å²) in [6.45, 7) is 5.88. The monoisotopic (exact) mass is 278 g/mol. The van der Waals surface area contributed by atoms with Gasteiger partial charge in [0.1, 0.15) is 10.7 Å². The van der Waals surface area contributed by atoms with Crippen LogP contribution in [0.5, 0.6) is 0 Å². The molecule has 7 heteroatoms. The van der Waals surface area contributed by atoms with Crippen LogP contribution in [0.2, 0.25) is 0 Å². The summed E-state index contributed by atoms with van der Waals surface area (Å²) >= 11 is 1.35. The van der Waals surface area contributed by atoms with Gasteiger partial charge in [-0.2, -0.15) is 0 Å². The second-order valence-corrected chi connectivity index (χ2v) is 7.20. The number of imidazole rings is 1. The van der Waals surface area contributed by atoms with Gasteiger partial charge in [-0.1, -0.05) is 13.8 Å². The largest absolute Gasteiger partial charge is 0.290 e. The number of nitrogens with zero attached hydrogens (tertiary/aromatic N) is 2. The number of hydrogen-bond donors (Lipinski definition) is 0. The van der Waals surface area contributed by atoms with Crippen LogP contribution in [0.15, 0.2) is 10.4 Å². The number of rotatable bonds is 2. The third kappa shape index (κ3) is 1.74. The van der Waals surface area contributed by atoms with Crippen molar-refractivity contribution >= 4 is 35.9 Å². The van der Waals surface area contributed by atoms with Crippen LogP contribution in [0, 0.1) is 6.92 Å². The average molecular weight is 279 g/mol. The minimum absolute atomic E-state index is 0.0384. The van der Waals surface area contributed by atoms with Crippen molar-refractivity contribution in [2.24, 2.45) is 0 Å². The highest BCUT2D eigenvalue weighted by Gasteiger charge is 2.23. The standard InChI is InChI=1S/C9H11ClN2O2S2/c1-5(2)7-4-15-9-8(16(10,13)14)11-6(3)12(7)9/h4-5H,1-3H3. The zero-order valence-electron chi connectivity index (χ0n) is 9.06. The molecule has 0 saturated heterocycles. The highest BCUT2D eigenvalue weighted by Crippen LogP contribution is 2.30. The van der Waals surface area contributed by atoms with Crippen molar-refractivity contribution in [1.82, 2.24) is 9.38 Å². The van der Waals surface area contributed by atoms with Crippen molar-refractivity contribution in [3.05, 3.63) is 16.9 Å². The summed E-state index contributed by atoms with van der Waals surface area (Å²) in [6, 6.07) is 0. The number of aryl methyl sites for hydroxylation is 1. The van der Waals surface area contributed by atoms with Crippen molar-refractivity contribution in [2.75, 3.05) is 0 Å². The van der Waals surface area contributed by atoms with Crippen LogP contribution in [0.3, 0.4) is 0 Å². The molecule has 88 valence electrons. The van der Waals surface area contributed by atoms with Crippen molar-refractivity contribution in [2.45, 2.75) is 31.7 Å². The zero-order valence-corrected chi connectivity index (χ0v) is 11.4. The third-order valence-electron chi connectivity index (χ3n) is 2.34. The SMILES string of the molecule is Cc1nc(S(=O)(=O)Cl)c2scc(C(C)C)n12. The van der Waals surface area contributed by atoms with Crippen LogP contribution < -0.4 is 0 Å². The molecule has 0 N–H and O–H groups in total. The van der Waals surface area contributed by atoms with Crippen LogP contribution in [0.1, 0.15) is 31.3 Å². The topological polar surface area (TPSA) is 51.4 Å². The molecule has 0 spiro atoms. The van der Waals surface area contributed by atoms with Crippen molar-refractivity contribution in [3.63, 3.8) is 0 Å². The van der Waals surface area contributed by atoms with Crippen molar-refractivity contribution in [3.8, 4) is 0 Å². The van der Waals surface area contributed by atoms with Gasteiger partial charge in [-0.25, -0.2) is 13.4 Å². The summed E-state index contributed by atoms with van der Waals surface area (Å²) < 4.78 is 24.5. The van der Waals surface area contributed by atoms with Crippen LogP contribution in [0.4, 0.5) is 0 Å². The number of hydrogen-bond acceptors (Lipinski definition) is 4. The first-order valence-electron chi connectivity index (χ1n) is 4.73. The van der Waals surface area contributed by atoms with E-state index in [2.05, 4.69) is 18.8 Å². The first-order chi connectivity index (χ1) is 7.32. The smallest absolute Gasteiger partial charge is 0.281 e. The van der Waals surface area contributed by atoms with E-state index in [1.54, 1.807) is 6.92 Å². The molecule has 0 aromatic carbocycles. The number of aromatic nitrogens is 2. The maximum atomic E-state index is 11.3. The van der Waals surface area contributed by atoms with Gasteiger partial charge in [0.2, 0.25) is 5.03 Å². The first-order valence-corrected chi connectivity index (χ1v) is 7.92. The minimum Gasteiger partial charge on any atom is -0.290 e. The Morgan fingerprint density at radius 1 is 1.50 bits per heavy atom. The normalized spacial score (nSPS) is 12.8. The predicted molar refractivity (Wildman–Crippen MR) is 64.9 cm³/mol. The predicted octanol–water partition coefficient (Wildman–Crippen LogP) is 2.76. The molecule has 2 aromatic rings. The Balaban J connectivity index is 2.84. The fourth-order valence-corrected chi connectivity index (χ4v) is 4.19. The quantitative estimate of drug-likeness (QED) is 0.794. The Labute approximate surface area is 102 Å². The Morgan fingerprint density at radius 2 is 2.12 bits per heavy atom. The van der Waals surface area contributed by atoms with Gasteiger partial charge >= 0.3 is 0 Å². The van der Waals surface area contributed by atoms with E-state index < -0.39 is 9.05 Å². The van der Waals surface area contributed by atoms with E-state index in [-0.39, 0.29) is 5.03 Å². The molecule has 0 aliphatic heterocycles. The van der Waals surface area contributed by atoms with Crippen LogP contribution in [-0.2, 0) is 9.05 Å². The fourth-order valence-electron chi connectivity index (χ4n) is 1.62. The summed E-state index contributed by atoms with van der Waals surface area (Å²) in [5.41, 5.74) is 1.05. The minimum atomic E-state index is -3.77. The highest BCUT2D eigenvalue weighted by atomic mass is 35.7. The summed E-state index contributed by atoms with van der Waals surface area (Å²) in [5, 5.41) is 1.91. The highest BCUT2D eigenvalue weighted by molar-refractivity contribution is 8.13. The Kier molecular flexibility index (Phi) is 2.76. The molecule has 0 fully saturated rings. The molecule has 0 atom stereocenters. The number of fused-ring (bicyclic) bond motifs is 1. The van der Waals surface area contributed by atoms with E-state index in [1.807, 2.05) is 9.78 Å². The van der Waals surface area contributed by atoms with Crippen molar-refractivity contribution < 1.29 is 8.42 Å². The van der Waals surface area contributed by atoms with Crippen LogP contribution in [-0.4, -0.2) is 17.8 Å². The molecule has 0 unspecified atom stereocenters. The molecular weight excluding hydrogens is 268 g/mol. The molecule has 2 aromatic heterocycles. The molecule has 0 radical (unpaired) electrons. The third-order valence-corrected chi connectivity index (χ3v) is 4.62. The van der Waals surface area contributed by atoms with Gasteiger partial charge < -0.3 is 0 Å². The molecule has 16 heavy (non-hydrogen) atoms. The molecule has 0 amide bonds. The molecule has 0 aliphatic rings. The van der Waals surface area contributed by atoms with E-state index in [4.69, 9.17) is 10.7 Å². The number of halogens is 1. The molecule has 4 nitrogen and oxygen atoms in total. The van der Waals surface area contributed by atoms with E-state index in [0.717, 1.165) is 5.69 Å². The van der Waals surface area contributed by atoms with E-state index in [1.165, 1.54) is 11.3 Å². The Morgan fingerprint density at radius 3 is 2.62 bits per heavy atom. The summed E-state index contributed by atoms with van der Waals surface area (Å²) in [7, 11) is 1.57. The van der Waals surface area contributed by atoms with E-state index >= 15 is 0 Å². The molecule has 0 saturated carbocycles. The summed E-state index contributed by atoms with van der Waals surface area (Å²) in [6.07, 6.45) is 0.